The Labute approximate surface area is 79.2 Å². The lowest BCUT2D eigenvalue weighted by molar-refractivity contribution is 1.29. The first-order valence-electron chi connectivity index (χ1n) is 3.47. The van der Waals surface area contributed by atoms with E-state index in [0.717, 1.165) is 15.6 Å². The highest BCUT2D eigenvalue weighted by atomic mass is 79.9. The number of hydrogen-bond donors (Lipinski definition) is 0. The average molecular weight is 226 g/mol. The highest BCUT2D eigenvalue weighted by molar-refractivity contribution is 9.10. The van der Waals surface area contributed by atoms with Crippen LogP contribution in [0.2, 0.25) is 0 Å². The highest BCUT2D eigenvalue weighted by Gasteiger charge is 2.00. The van der Waals surface area contributed by atoms with Crippen molar-refractivity contribution in [1.82, 2.24) is 0 Å². The molecule has 0 amide bonds. The average Bonchev–Trinajstić information content (AvgIpc) is 2.00. The monoisotopic (exact) mass is 225 g/mol. The lowest BCUT2D eigenvalue weighted by Crippen LogP contribution is -1.80. The van der Waals surface area contributed by atoms with Crippen LogP contribution in [0.1, 0.15) is 11.1 Å². The van der Waals surface area contributed by atoms with Crippen molar-refractivity contribution in [3.63, 3.8) is 0 Å². The lowest BCUT2D eigenvalue weighted by atomic mass is 10.1. The molecule has 1 rings (SSSR count). The molecule has 0 aliphatic carbocycles. The van der Waals surface area contributed by atoms with Gasteiger partial charge in [0, 0.05) is 15.1 Å². The van der Waals surface area contributed by atoms with E-state index < -0.39 is 0 Å². The van der Waals surface area contributed by atoms with Gasteiger partial charge in [-0.2, -0.15) is 0 Å². The van der Waals surface area contributed by atoms with E-state index in [0.29, 0.717) is 5.69 Å². The number of hydrogen-bond acceptors (Lipinski definition) is 1. The molecule has 0 N–H and O–H groups in total. The lowest BCUT2D eigenvalue weighted by Gasteiger charge is -2.03. The van der Waals surface area contributed by atoms with E-state index in [-0.39, 0.29) is 0 Å². The first kappa shape index (κ1) is 9.10. The zero-order chi connectivity index (χ0) is 9.14. The smallest absolute Gasteiger partial charge is 0.0418 e. The third-order valence-electron chi connectivity index (χ3n) is 1.76. The van der Waals surface area contributed by atoms with Crippen LogP contribution in [-0.2, 0) is 0 Å². The van der Waals surface area contributed by atoms with Crippen molar-refractivity contribution in [3.8, 4) is 0 Å². The molecule has 0 unspecified atom stereocenters. The summed E-state index contributed by atoms with van der Waals surface area (Å²) in [5, 5.41) is 3.58. The summed E-state index contributed by atoms with van der Waals surface area (Å²) in [5.74, 6) is 0. The normalized spacial score (nSPS) is 9.25. The second-order valence-corrected chi connectivity index (χ2v) is 3.47. The third-order valence-corrected chi connectivity index (χ3v) is 2.22. The summed E-state index contributed by atoms with van der Waals surface area (Å²) < 4.78 is 0.938. The van der Waals surface area contributed by atoms with Gasteiger partial charge in [-0.15, -0.1) is 0 Å². The molecular formula is C8H8BrN3. The fourth-order valence-corrected chi connectivity index (χ4v) is 1.51. The summed E-state index contributed by atoms with van der Waals surface area (Å²) in [7, 11) is 0. The Balaban J connectivity index is 3.36. The highest BCUT2D eigenvalue weighted by Crippen LogP contribution is 2.26. The van der Waals surface area contributed by atoms with E-state index in [1.807, 2.05) is 26.0 Å². The Morgan fingerprint density at radius 3 is 2.67 bits per heavy atom. The van der Waals surface area contributed by atoms with Crippen molar-refractivity contribution in [2.75, 3.05) is 0 Å². The minimum atomic E-state index is 0.685. The van der Waals surface area contributed by atoms with Gasteiger partial charge < -0.3 is 0 Å². The van der Waals surface area contributed by atoms with Gasteiger partial charge >= 0.3 is 0 Å². The van der Waals surface area contributed by atoms with Gasteiger partial charge in [0.25, 0.3) is 0 Å². The quantitative estimate of drug-likeness (QED) is 0.394. The molecule has 4 heteroatoms. The maximum Gasteiger partial charge on any atom is 0.0418 e. The van der Waals surface area contributed by atoms with E-state index in [9.17, 15) is 0 Å². The van der Waals surface area contributed by atoms with Crippen molar-refractivity contribution >= 4 is 21.6 Å². The molecule has 62 valence electrons. The number of halogens is 1. The van der Waals surface area contributed by atoms with Gasteiger partial charge in [-0.3, -0.25) is 0 Å². The number of azide groups is 1. The van der Waals surface area contributed by atoms with Crippen LogP contribution in [-0.4, -0.2) is 0 Å². The molecule has 0 radical (unpaired) electrons. The van der Waals surface area contributed by atoms with Gasteiger partial charge in [0.1, 0.15) is 0 Å². The Morgan fingerprint density at radius 1 is 1.42 bits per heavy atom. The Hall–Kier alpha value is -0.990. The molecule has 0 fully saturated rings. The molecule has 0 atom stereocenters. The zero-order valence-corrected chi connectivity index (χ0v) is 8.46. The summed E-state index contributed by atoms with van der Waals surface area (Å²) in [6.45, 7) is 3.92. The Bertz CT molecular complexity index is 354. The van der Waals surface area contributed by atoms with Crippen molar-refractivity contribution in [3.05, 3.63) is 38.2 Å². The molecule has 0 aliphatic heterocycles. The molecule has 0 saturated carbocycles. The Kier molecular flexibility index (Phi) is 2.74. The second kappa shape index (κ2) is 3.61. The van der Waals surface area contributed by atoms with Crippen LogP contribution in [0.15, 0.2) is 21.7 Å². The largest absolute Gasteiger partial charge is 0.0605 e. The molecule has 3 nitrogen and oxygen atoms in total. The first-order valence-corrected chi connectivity index (χ1v) is 4.26. The fourth-order valence-electron chi connectivity index (χ4n) is 0.950. The first-order chi connectivity index (χ1) is 5.65. The van der Waals surface area contributed by atoms with Crippen LogP contribution in [0, 0.1) is 13.8 Å². The van der Waals surface area contributed by atoms with Crippen LogP contribution < -0.4 is 0 Å². The van der Waals surface area contributed by atoms with Gasteiger partial charge in [0.15, 0.2) is 0 Å². The molecule has 0 spiro atoms. The predicted octanol–water partition coefficient (Wildman–Crippen LogP) is 4.01. The summed E-state index contributed by atoms with van der Waals surface area (Å²) in [6, 6.07) is 3.80. The van der Waals surface area contributed by atoms with E-state index in [1.54, 1.807) is 0 Å². The molecule has 0 aliphatic rings. The maximum absolute atomic E-state index is 8.27. The van der Waals surface area contributed by atoms with Crippen molar-refractivity contribution in [2.45, 2.75) is 13.8 Å². The van der Waals surface area contributed by atoms with Crippen LogP contribution in [0.4, 0.5) is 5.69 Å². The summed E-state index contributed by atoms with van der Waals surface area (Å²) in [5.41, 5.74) is 11.1. The number of rotatable bonds is 1. The fraction of sp³-hybridized carbons (Fsp3) is 0.250. The van der Waals surface area contributed by atoms with E-state index in [2.05, 4.69) is 26.0 Å². The molecule has 0 aromatic heterocycles. The van der Waals surface area contributed by atoms with Crippen molar-refractivity contribution in [2.24, 2.45) is 5.11 Å². The third kappa shape index (κ3) is 1.78. The van der Waals surface area contributed by atoms with Gasteiger partial charge in [0.05, 0.1) is 0 Å². The topological polar surface area (TPSA) is 48.8 Å². The Morgan fingerprint density at radius 2 is 2.08 bits per heavy atom. The molecule has 0 heterocycles. The molecular weight excluding hydrogens is 218 g/mol. The van der Waals surface area contributed by atoms with Gasteiger partial charge in [-0.25, -0.2) is 0 Å². The summed E-state index contributed by atoms with van der Waals surface area (Å²) in [6.07, 6.45) is 0. The second-order valence-electron chi connectivity index (χ2n) is 2.56. The molecule has 0 saturated heterocycles. The summed E-state index contributed by atoms with van der Waals surface area (Å²) in [4.78, 5) is 2.75. The minimum Gasteiger partial charge on any atom is -0.0605 e. The SMILES string of the molecule is Cc1cc(Br)cc(N=[N+]=[N-])c1C. The number of nitrogens with zero attached hydrogens (tertiary/aromatic N) is 3. The van der Waals surface area contributed by atoms with Gasteiger partial charge in [0.2, 0.25) is 0 Å². The maximum atomic E-state index is 8.27. The molecule has 1 aromatic carbocycles. The van der Waals surface area contributed by atoms with Gasteiger partial charge in [-0.05, 0) is 42.6 Å². The van der Waals surface area contributed by atoms with Crippen molar-refractivity contribution in [1.29, 1.82) is 0 Å². The number of benzene rings is 1. The minimum absolute atomic E-state index is 0.685. The van der Waals surface area contributed by atoms with Crippen molar-refractivity contribution < 1.29 is 0 Å². The van der Waals surface area contributed by atoms with E-state index >= 15 is 0 Å². The van der Waals surface area contributed by atoms with Crippen LogP contribution in [0.25, 0.3) is 10.4 Å². The predicted molar refractivity (Wildman–Crippen MR) is 52.4 cm³/mol. The molecule has 0 bridgehead atoms. The van der Waals surface area contributed by atoms with Crippen LogP contribution >= 0.6 is 15.9 Å². The van der Waals surface area contributed by atoms with E-state index in [4.69, 9.17) is 5.53 Å². The van der Waals surface area contributed by atoms with Crippen LogP contribution in [0.3, 0.4) is 0 Å². The zero-order valence-electron chi connectivity index (χ0n) is 6.87. The summed E-state index contributed by atoms with van der Waals surface area (Å²) >= 11 is 3.33. The number of aryl methyl sites for hydroxylation is 1. The van der Waals surface area contributed by atoms with Crippen LogP contribution in [0.5, 0.6) is 0 Å². The van der Waals surface area contributed by atoms with Gasteiger partial charge in [-0.1, -0.05) is 21.0 Å². The molecule has 12 heavy (non-hydrogen) atoms. The van der Waals surface area contributed by atoms with E-state index in [1.165, 1.54) is 0 Å². The molecule has 1 aromatic rings. The standard InChI is InChI=1S/C8H8BrN3/c1-5-3-7(9)4-8(6(5)2)11-12-10/h3-4H,1-2H3.